The number of benzene rings is 1. The zero-order valence-corrected chi connectivity index (χ0v) is 14.6. The lowest BCUT2D eigenvalue weighted by atomic mass is 9.86. The Morgan fingerprint density at radius 1 is 1.12 bits per heavy atom. The summed E-state index contributed by atoms with van der Waals surface area (Å²) >= 11 is 0. The number of carbonyl (C=O) groups excluding carboxylic acids is 1. The lowest BCUT2D eigenvalue weighted by Gasteiger charge is -2.29. The molecule has 0 N–H and O–H groups in total. The van der Waals surface area contributed by atoms with E-state index in [0.717, 1.165) is 64.8 Å². The van der Waals surface area contributed by atoms with Crippen molar-refractivity contribution in [3.05, 3.63) is 35.4 Å². The van der Waals surface area contributed by atoms with E-state index in [1.54, 1.807) is 0 Å². The Bertz CT molecular complexity index is 628. The van der Waals surface area contributed by atoms with Gasteiger partial charge < -0.3 is 4.90 Å². The first kappa shape index (κ1) is 17.0. The Morgan fingerprint density at radius 3 is 2.58 bits per heavy atom. The highest BCUT2D eigenvalue weighted by molar-refractivity contribution is 5.85. The minimum atomic E-state index is -0.731. The fourth-order valence-electron chi connectivity index (χ4n) is 4.02. The van der Waals surface area contributed by atoms with Crippen LogP contribution < -0.4 is 0 Å². The highest BCUT2D eigenvalue weighted by atomic mass is 16.2. The summed E-state index contributed by atoms with van der Waals surface area (Å²) in [5.41, 5.74) is 1.95. The molecule has 4 heteroatoms. The molecule has 3 rings (SSSR count). The topological polar surface area (TPSA) is 47.3 Å². The molecule has 4 nitrogen and oxygen atoms in total. The van der Waals surface area contributed by atoms with Crippen LogP contribution >= 0.6 is 0 Å². The summed E-state index contributed by atoms with van der Waals surface area (Å²) in [5.74, 6) is 0.0836. The Morgan fingerprint density at radius 2 is 1.88 bits per heavy atom. The van der Waals surface area contributed by atoms with Gasteiger partial charge in [-0.1, -0.05) is 37.1 Å². The number of carbonyl (C=O) groups is 1. The second-order valence-corrected chi connectivity index (χ2v) is 7.25. The van der Waals surface area contributed by atoms with Gasteiger partial charge in [-0.05, 0) is 37.3 Å². The maximum absolute atomic E-state index is 12.9. The van der Waals surface area contributed by atoms with Crippen molar-refractivity contribution < 1.29 is 4.79 Å². The molecule has 0 atom stereocenters. The summed E-state index contributed by atoms with van der Waals surface area (Å²) in [5, 5.41) is 9.56. The molecule has 24 heavy (non-hydrogen) atoms. The van der Waals surface area contributed by atoms with E-state index in [0.29, 0.717) is 0 Å². The molecule has 1 saturated carbocycles. The van der Waals surface area contributed by atoms with Crippen molar-refractivity contribution in [2.24, 2.45) is 5.41 Å². The lowest BCUT2D eigenvalue weighted by Crippen LogP contribution is -2.43. The molecule has 0 spiro atoms. The average Bonchev–Trinajstić information content (AvgIpc) is 2.97. The predicted molar refractivity (Wildman–Crippen MR) is 94.2 cm³/mol. The third-order valence-corrected chi connectivity index (χ3v) is 5.61. The highest BCUT2D eigenvalue weighted by Gasteiger charge is 2.44. The van der Waals surface area contributed by atoms with Crippen molar-refractivity contribution in [3.63, 3.8) is 0 Å². The van der Waals surface area contributed by atoms with Gasteiger partial charge in [-0.3, -0.25) is 9.69 Å². The van der Waals surface area contributed by atoms with Crippen molar-refractivity contribution in [1.82, 2.24) is 9.80 Å². The molecular weight excluding hydrogens is 298 g/mol. The molecule has 0 bridgehead atoms. The van der Waals surface area contributed by atoms with Crippen LogP contribution in [0.15, 0.2) is 24.3 Å². The molecule has 0 aromatic heterocycles. The number of nitriles is 1. The van der Waals surface area contributed by atoms with E-state index in [4.69, 9.17) is 0 Å². The van der Waals surface area contributed by atoms with Crippen molar-refractivity contribution in [3.8, 4) is 6.07 Å². The van der Waals surface area contributed by atoms with Gasteiger partial charge in [-0.15, -0.1) is 0 Å². The molecule has 1 aromatic rings. The predicted octanol–water partition coefficient (Wildman–Crippen LogP) is 3.11. The quantitative estimate of drug-likeness (QED) is 0.858. The number of hydrogen-bond donors (Lipinski definition) is 0. The Labute approximate surface area is 145 Å². The van der Waals surface area contributed by atoms with Gasteiger partial charge in [0.25, 0.3) is 0 Å². The molecule has 1 aromatic carbocycles. The van der Waals surface area contributed by atoms with Gasteiger partial charge in [0.15, 0.2) is 0 Å². The minimum Gasteiger partial charge on any atom is -0.340 e. The van der Waals surface area contributed by atoms with Crippen LogP contribution in [0.3, 0.4) is 0 Å². The van der Waals surface area contributed by atoms with E-state index in [9.17, 15) is 10.1 Å². The summed E-state index contributed by atoms with van der Waals surface area (Å²) in [7, 11) is 0. The third kappa shape index (κ3) is 3.47. The summed E-state index contributed by atoms with van der Waals surface area (Å²) in [4.78, 5) is 17.3. The lowest BCUT2D eigenvalue weighted by molar-refractivity contribution is -0.138. The Hall–Kier alpha value is -1.86. The number of aryl methyl sites for hydroxylation is 1. The van der Waals surface area contributed by atoms with Crippen LogP contribution in [0.1, 0.15) is 43.2 Å². The molecule has 128 valence electrons. The molecule has 1 aliphatic heterocycles. The fraction of sp³-hybridized carbons (Fsp3) is 0.600. The van der Waals surface area contributed by atoms with Crippen LogP contribution in [0.5, 0.6) is 0 Å². The summed E-state index contributed by atoms with van der Waals surface area (Å²) in [6, 6.07) is 10.9. The number of amides is 1. The first-order valence-corrected chi connectivity index (χ1v) is 9.12. The Balaban J connectivity index is 1.62. The first-order chi connectivity index (χ1) is 11.6. The SMILES string of the molecule is Cc1ccccc1CN1CCCN(C(=O)C2(C#N)CCCC2)CC1. The van der Waals surface area contributed by atoms with Gasteiger partial charge in [0.2, 0.25) is 5.91 Å². The second-order valence-electron chi connectivity index (χ2n) is 7.25. The minimum absolute atomic E-state index is 0.0836. The molecule has 2 fully saturated rings. The van der Waals surface area contributed by atoms with Crippen LogP contribution in [0.4, 0.5) is 0 Å². The van der Waals surface area contributed by atoms with E-state index >= 15 is 0 Å². The van der Waals surface area contributed by atoms with E-state index in [-0.39, 0.29) is 5.91 Å². The first-order valence-electron chi connectivity index (χ1n) is 9.12. The van der Waals surface area contributed by atoms with Gasteiger partial charge in [0.1, 0.15) is 5.41 Å². The second kappa shape index (κ2) is 7.36. The van der Waals surface area contributed by atoms with Gasteiger partial charge in [-0.25, -0.2) is 0 Å². The largest absolute Gasteiger partial charge is 0.340 e. The van der Waals surface area contributed by atoms with Crippen LogP contribution in [-0.2, 0) is 11.3 Å². The van der Waals surface area contributed by atoms with Crippen molar-refractivity contribution in [2.45, 2.75) is 45.6 Å². The maximum atomic E-state index is 12.9. The van der Waals surface area contributed by atoms with Crippen LogP contribution in [0, 0.1) is 23.7 Å². The van der Waals surface area contributed by atoms with Gasteiger partial charge in [0, 0.05) is 32.7 Å². The summed E-state index contributed by atoms with van der Waals surface area (Å²) in [6.45, 7) is 6.53. The third-order valence-electron chi connectivity index (χ3n) is 5.61. The molecular formula is C20H27N3O. The summed E-state index contributed by atoms with van der Waals surface area (Å²) < 4.78 is 0. The number of hydrogen-bond acceptors (Lipinski definition) is 3. The Kier molecular flexibility index (Phi) is 5.20. The normalized spacial score (nSPS) is 21.2. The molecule has 1 aliphatic carbocycles. The molecule has 2 aliphatic rings. The molecule has 1 amide bonds. The molecule has 0 unspecified atom stereocenters. The smallest absolute Gasteiger partial charge is 0.243 e. The average molecular weight is 325 g/mol. The monoisotopic (exact) mass is 325 g/mol. The van der Waals surface area contributed by atoms with Gasteiger partial charge >= 0.3 is 0 Å². The summed E-state index contributed by atoms with van der Waals surface area (Å²) in [6.07, 6.45) is 4.48. The van der Waals surface area contributed by atoms with Gasteiger partial charge in [-0.2, -0.15) is 5.26 Å². The number of nitrogens with zero attached hydrogens (tertiary/aromatic N) is 3. The highest BCUT2D eigenvalue weighted by Crippen LogP contribution is 2.39. The number of rotatable bonds is 3. The van der Waals surface area contributed by atoms with Crippen molar-refractivity contribution in [1.29, 1.82) is 5.26 Å². The molecule has 1 saturated heterocycles. The fourth-order valence-corrected chi connectivity index (χ4v) is 4.02. The molecule has 0 radical (unpaired) electrons. The van der Waals surface area contributed by atoms with Gasteiger partial charge in [0.05, 0.1) is 6.07 Å². The standard InChI is InChI=1S/C20H27N3O/c1-17-7-2-3-8-18(17)15-22-11-6-12-23(14-13-22)19(24)20(16-21)9-4-5-10-20/h2-3,7-8H,4-6,9-15H2,1H3. The zero-order valence-electron chi connectivity index (χ0n) is 14.6. The van der Waals surface area contributed by atoms with E-state index < -0.39 is 5.41 Å². The maximum Gasteiger partial charge on any atom is 0.243 e. The van der Waals surface area contributed by atoms with Crippen molar-refractivity contribution >= 4 is 5.91 Å². The molecule has 1 heterocycles. The van der Waals surface area contributed by atoms with Crippen molar-refractivity contribution in [2.75, 3.05) is 26.2 Å². The zero-order chi connectivity index (χ0) is 17.0. The van der Waals surface area contributed by atoms with E-state index in [1.165, 1.54) is 11.1 Å². The van der Waals surface area contributed by atoms with Crippen LogP contribution in [0.2, 0.25) is 0 Å². The van der Waals surface area contributed by atoms with Crippen LogP contribution in [-0.4, -0.2) is 41.9 Å². The van der Waals surface area contributed by atoms with Crippen LogP contribution in [0.25, 0.3) is 0 Å². The van der Waals surface area contributed by atoms with E-state index in [1.807, 2.05) is 4.90 Å². The van der Waals surface area contributed by atoms with E-state index in [2.05, 4.69) is 42.2 Å².